The lowest BCUT2D eigenvalue weighted by Crippen LogP contribution is -2.27. The molecule has 2 heterocycles. The van der Waals surface area contributed by atoms with Crippen LogP contribution in [0.15, 0.2) is 77.8 Å². The van der Waals surface area contributed by atoms with Crippen LogP contribution in [0.25, 0.3) is 10.8 Å². The van der Waals surface area contributed by atoms with E-state index in [-0.39, 0.29) is 28.6 Å². The summed E-state index contributed by atoms with van der Waals surface area (Å²) in [5.74, 6) is 0.298. The molecule has 0 bridgehead atoms. The van der Waals surface area contributed by atoms with Gasteiger partial charge in [-0.05, 0) is 97.4 Å². The van der Waals surface area contributed by atoms with Gasteiger partial charge in [0.15, 0.2) is 0 Å². The van der Waals surface area contributed by atoms with Crippen molar-refractivity contribution < 1.29 is 13.2 Å². The average Bonchev–Trinajstić information content (AvgIpc) is 3.76. The molecule has 8 nitrogen and oxygen atoms in total. The molecule has 6 rings (SSSR count). The van der Waals surface area contributed by atoms with Gasteiger partial charge < -0.3 is 10.6 Å². The van der Waals surface area contributed by atoms with Crippen LogP contribution in [-0.4, -0.2) is 37.4 Å². The van der Waals surface area contributed by atoms with Gasteiger partial charge in [-0.3, -0.25) is 4.79 Å². The van der Waals surface area contributed by atoms with E-state index >= 15 is 0 Å². The number of piperidine rings is 1. The Morgan fingerprint density at radius 1 is 1.00 bits per heavy atom. The monoisotopic (exact) mass is 541 g/mol. The lowest BCUT2D eigenvalue weighted by molar-refractivity contribution is -0.117. The zero-order chi connectivity index (χ0) is 27.0. The number of fused-ring (bicyclic) bond motifs is 1. The van der Waals surface area contributed by atoms with Gasteiger partial charge in [-0.15, -0.1) is 0 Å². The lowest BCUT2D eigenvalue weighted by Gasteiger charge is -2.22. The summed E-state index contributed by atoms with van der Waals surface area (Å²) in [4.78, 5) is 21.6. The number of benzene rings is 3. The minimum absolute atomic E-state index is 0.0166. The van der Waals surface area contributed by atoms with Crippen molar-refractivity contribution in [2.75, 3.05) is 23.1 Å². The summed E-state index contributed by atoms with van der Waals surface area (Å²) in [6.07, 6.45) is 4.27. The van der Waals surface area contributed by atoms with Crippen molar-refractivity contribution in [2.24, 2.45) is 5.92 Å². The summed E-state index contributed by atoms with van der Waals surface area (Å²) in [5.41, 5.74) is 3.76. The maximum absolute atomic E-state index is 13.0. The highest BCUT2D eigenvalue weighted by atomic mass is 32.2. The second-order valence-corrected chi connectivity index (χ2v) is 12.1. The van der Waals surface area contributed by atoms with Gasteiger partial charge in [-0.25, -0.2) is 23.1 Å². The highest BCUT2D eigenvalue weighted by molar-refractivity contribution is 7.92. The van der Waals surface area contributed by atoms with Crippen LogP contribution in [0.2, 0.25) is 0 Å². The molecule has 1 aliphatic heterocycles. The van der Waals surface area contributed by atoms with Crippen LogP contribution >= 0.6 is 0 Å². The van der Waals surface area contributed by atoms with Crippen molar-refractivity contribution in [3.05, 3.63) is 89.7 Å². The van der Waals surface area contributed by atoms with Crippen molar-refractivity contribution in [3.63, 3.8) is 0 Å². The first kappa shape index (κ1) is 25.5. The Labute approximate surface area is 228 Å². The minimum Gasteiger partial charge on any atom is -0.326 e. The molecule has 4 aromatic rings. The summed E-state index contributed by atoms with van der Waals surface area (Å²) in [5, 5.41) is 8.64. The van der Waals surface area contributed by atoms with Gasteiger partial charge in [0.05, 0.1) is 4.90 Å². The van der Waals surface area contributed by atoms with E-state index < -0.39 is 10.0 Å². The molecule has 0 spiro atoms. The lowest BCUT2D eigenvalue weighted by atomic mass is 9.94. The van der Waals surface area contributed by atoms with E-state index in [9.17, 15) is 13.2 Å². The number of hydrogen-bond acceptors (Lipinski definition) is 6. The summed E-state index contributed by atoms with van der Waals surface area (Å²) in [7, 11) is -3.84. The predicted molar refractivity (Wildman–Crippen MR) is 152 cm³/mol. The number of carbonyl (C=O) groups excluding carboxylic acids is 1. The molecule has 0 radical (unpaired) electrons. The van der Waals surface area contributed by atoms with Crippen LogP contribution in [0.5, 0.6) is 0 Å². The minimum atomic E-state index is -3.84. The van der Waals surface area contributed by atoms with Crippen molar-refractivity contribution >= 4 is 38.3 Å². The fourth-order valence-electron chi connectivity index (χ4n) is 5.44. The largest absolute Gasteiger partial charge is 0.326 e. The van der Waals surface area contributed by atoms with Crippen molar-refractivity contribution in [1.82, 2.24) is 15.3 Å². The van der Waals surface area contributed by atoms with E-state index in [2.05, 4.69) is 44.4 Å². The Hall–Kier alpha value is -3.82. The van der Waals surface area contributed by atoms with Gasteiger partial charge in [0.1, 0.15) is 0 Å². The number of anilines is 2. The van der Waals surface area contributed by atoms with Crippen LogP contribution in [-0.2, 0) is 14.8 Å². The first-order chi connectivity index (χ1) is 18.9. The fraction of sp³-hybridized carbons (Fsp3) is 0.300. The van der Waals surface area contributed by atoms with Crippen molar-refractivity contribution in [1.29, 1.82) is 0 Å². The molecule has 2 atom stereocenters. The highest BCUT2D eigenvalue weighted by Crippen LogP contribution is 2.48. The molecule has 1 aliphatic carbocycles. The molecule has 1 saturated carbocycles. The SMILES string of the molecule is Cc1cccc2ccc(NC(=O)[C@@H]3C[C@H]3c3ccc(S(=O)(=O)Nc4nccc(C5CCNCC5)n4)cc3)cc12. The molecular weight excluding hydrogens is 510 g/mol. The van der Waals surface area contributed by atoms with Crippen molar-refractivity contribution in [2.45, 2.75) is 42.9 Å². The Bertz CT molecular complexity index is 1630. The van der Waals surface area contributed by atoms with E-state index in [1.807, 2.05) is 30.3 Å². The number of sulfonamides is 1. The molecular formula is C30H31N5O3S. The van der Waals surface area contributed by atoms with Crippen LogP contribution in [0.1, 0.15) is 47.9 Å². The molecule has 1 aromatic heterocycles. The van der Waals surface area contributed by atoms with Crippen LogP contribution in [0, 0.1) is 12.8 Å². The zero-order valence-electron chi connectivity index (χ0n) is 21.7. The van der Waals surface area contributed by atoms with Crippen LogP contribution in [0.4, 0.5) is 11.6 Å². The topological polar surface area (TPSA) is 113 Å². The van der Waals surface area contributed by atoms with Gasteiger partial charge in [0.2, 0.25) is 11.9 Å². The third-order valence-corrected chi connectivity index (χ3v) is 9.12. The first-order valence-corrected chi connectivity index (χ1v) is 14.8. The Balaban J connectivity index is 1.09. The number of amides is 1. The average molecular weight is 542 g/mol. The van der Waals surface area contributed by atoms with Gasteiger partial charge >= 0.3 is 0 Å². The maximum atomic E-state index is 13.0. The molecule has 200 valence electrons. The normalized spacial score (nSPS) is 19.5. The van der Waals surface area contributed by atoms with Crippen molar-refractivity contribution in [3.8, 4) is 0 Å². The summed E-state index contributed by atoms with van der Waals surface area (Å²) >= 11 is 0. The Morgan fingerprint density at radius 2 is 1.79 bits per heavy atom. The van der Waals surface area contributed by atoms with E-state index in [0.29, 0.717) is 5.92 Å². The highest BCUT2D eigenvalue weighted by Gasteiger charge is 2.44. The smallest absolute Gasteiger partial charge is 0.264 e. The standard InChI is InChI=1S/C30H31N5O3S/c1-19-3-2-4-20-5-8-23(17-25(19)20)33-29(36)27-18-26(27)21-6-9-24(10-7-21)39(37,38)35-30-32-16-13-28(34-30)22-11-14-31-15-12-22/h2-10,13,16-17,22,26-27,31H,11-12,14-15,18H2,1H3,(H,33,36)(H,32,34,35)/t26-,27+/m0/s1. The molecule has 1 amide bonds. The van der Waals surface area contributed by atoms with E-state index in [4.69, 9.17) is 0 Å². The van der Waals surface area contributed by atoms with Gasteiger partial charge in [0, 0.05) is 29.4 Å². The zero-order valence-corrected chi connectivity index (χ0v) is 22.5. The fourth-order valence-corrected chi connectivity index (χ4v) is 6.39. The number of hydrogen-bond donors (Lipinski definition) is 3. The molecule has 3 aromatic carbocycles. The summed E-state index contributed by atoms with van der Waals surface area (Å²) in [6.45, 7) is 3.91. The van der Waals surface area contributed by atoms with E-state index in [0.717, 1.165) is 60.1 Å². The van der Waals surface area contributed by atoms with Crippen LogP contribution in [0.3, 0.4) is 0 Å². The molecule has 1 saturated heterocycles. The third kappa shape index (κ3) is 5.51. The Morgan fingerprint density at radius 3 is 2.59 bits per heavy atom. The molecule has 9 heteroatoms. The van der Waals surface area contributed by atoms with Gasteiger partial charge in [0.25, 0.3) is 10.0 Å². The summed E-state index contributed by atoms with van der Waals surface area (Å²) < 4.78 is 28.5. The number of aryl methyl sites for hydroxylation is 1. The third-order valence-electron chi connectivity index (χ3n) is 7.77. The molecule has 39 heavy (non-hydrogen) atoms. The number of carbonyl (C=O) groups is 1. The molecule has 2 aliphatic rings. The molecule has 2 fully saturated rings. The maximum Gasteiger partial charge on any atom is 0.264 e. The van der Waals surface area contributed by atoms with Crippen LogP contribution < -0.4 is 15.4 Å². The van der Waals surface area contributed by atoms with Gasteiger partial charge in [-0.2, -0.15) is 0 Å². The number of nitrogens with zero attached hydrogens (tertiary/aromatic N) is 2. The van der Waals surface area contributed by atoms with E-state index in [1.54, 1.807) is 30.5 Å². The summed E-state index contributed by atoms with van der Waals surface area (Å²) in [6, 6.07) is 20.7. The molecule has 3 N–H and O–H groups in total. The quantitative estimate of drug-likeness (QED) is 0.305. The Kier molecular flexibility index (Phi) is 6.78. The van der Waals surface area contributed by atoms with Gasteiger partial charge in [-0.1, -0.05) is 36.4 Å². The second kappa shape index (κ2) is 10.4. The van der Waals surface area contributed by atoms with E-state index in [1.165, 1.54) is 5.56 Å². The number of aromatic nitrogens is 2. The molecule has 0 unspecified atom stereocenters. The number of rotatable bonds is 7. The predicted octanol–water partition coefficient (Wildman–Crippen LogP) is 4.95. The second-order valence-electron chi connectivity index (χ2n) is 10.5. The first-order valence-electron chi connectivity index (χ1n) is 13.3. The number of nitrogens with one attached hydrogen (secondary N) is 3.